The topological polar surface area (TPSA) is 60.4 Å². The Morgan fingerprint density at radius 1 is 1.31 bits per heavy atom. The van der Waals surface area contributed by atoms with Gasteiger partial charge < -0.3 is 24.8 Å². The van der Waals surface area contributed by atoms with E-state index in [1.54, 1.807) is 0 Å². The highest BCUT2D eigenvalue weighted by Crippen LogP contribution is 2.22. The number of hydrogen-bond acceptors (Lipinski definition) is 6. The van der Waals surface area contributed by atoms with Gasteiger partial charge in [0.15, 0.2) is 5.96 Å². The minimum atomic E-state index is -0.446. The molecule has 1 unspecified atom stereocenters. The number of fused-ring (bicyclic) bond motifs is 1. The molecule has 0 radical (unpaired) electrons. The van der Waals surface area contributed by atoms with Gasteiger partial charge in [0.25, 0.3) is 0 Å². The highest BCUT2D eigenvalue weighted by molar-refractivity contribution is 5.82. The van der Waals surface area contributed by atoms with Gasteiger partial charge in [0, 0.05) is 38.8 Å². The molecule has 2 fully saturated rings. The van der Waals surface area contributed by atoms with Crippen LogP contribution in [0.4, 0.5) is 4.79 Å². The molecule has 0 aromatic heterocycles. The molecule has 7 heteroatoms. The molecule has 1 atom stereocenters. The summed E-state index contributed by atoms with van der Waals surface area (Å²) in [5, 5.41) is 3.52. The summed E-state index contributed by atoms with van der Waals surface area (Å²) in [5.74, 6) is 0.999. The van der Waals surface area contributed by atoms with E-state index in [1.165, 1.54) is 25.7 Å². The van der Waals surface area contributed by atoms with Crippen molar-refractivity contribution in [2.75, 3.05) is 46.3 Å². The molecule has 7 nitrogen and oxygen atoms in total. The fourth-order valence-corrected chi connectivity index (χ4v) is 4.09. The van der Waals surface area contributed by atoms with Crippen LogP contribution < -0.4 is 5.32 Å². The zero-order valence-corrected chi connectivity index (χ0v) is 16.8. The van der Waals surface area contributed by atoms with Gasteiger partial charge in [-0.3, -0.25) is 4.99 Å². The Kier molecular flexibility index (Phi) is 5.95. The molecule has 0 aromatic carbocycles. The van der Waals surface area contributed by atoms with E-state index in [0.717, 1.165) is 38.2 Å². The van der Waals surface area contributed by atoms with Crippen LogP contribution in [0.2, 0.25) is 0 Å². The number of likely N-dealkylation sites (N-methyl/N-ethyl adjacent to an activating group) is 1. The molecule has 1 amide bonds. The molecule has 2 aliphatic heterocycles. The van der Waals surface area contributed by atoms with Gasteiger partial charge in [-0.1, -0.05) is 12.8 Å². The van der Waals surface area contributed by atoms with Crippen molar-refractivity contribution < 1.29 is 9.53 Å². The van der Waals surface area contributed by atoms with Crippen LogP contribution >= 0.6 is 0 Å². The summed E-state index contributed by atoms with van der Waals surface area (Å²) >= 11 is 0. The number of guanidine groups is 1. The highest BCUT2D eigenvalue weighted by atomic mass is 16.6. The highest BCUT2D eigenvalue weighted by Gasteiger charge is 2.36. The Labute approximate surface area is 157 Å². The molecule has 148 valence electrons. The first kappa shape index (κ1) is 19.3. The van der Waals surface area contributed by atoms with Gasteiger partial charge in [-0.2, -0.15) is 0 Å². The molecule has 0 bridgehead atoms. The lowest BCUT2D eigenvalue weighted by molar-refractivity contribution is 0.0137. The zero-order chi connectivity index (χ0) is 18.7. The molecule has 3 aliphatic rings. The Bertz CT molecular complexity index is 525. The number of rotatable bonds is 4. The molecule has 3 rings (SSSR count). The van der Waals surface area contributed by atoms with Gasteiger partial charge in [-0.25, -0.2) is 4.79 Å². The van der Waals surface area contributed by atoms with Crippen molar-refractivity contribution in [3.8, 4) is 0 Å². The first-order chi connectivity index (χ1) is 12.3. The molecule has 1 saturated carbocycles. The molecular weight excluding hydrogens is 330 g/mol. The zero-order valence-electron chi connectivity index (χ0n) is 16.8. The number of aliphatic imine (C=N–C) groups is 1. The first-order valence-corrected chi connectivity index (χ1v) is 10.1. The number of ether oxygens (including phenoxy) is 1. The normalized spacial score (nSPS) is 24.0. The van der Waals surface area contributed by atoms with Crippen LogP contribution in [-0.2, 0) is 4.74 Å². The van der Waals surface area contributed by atoms with Gasteiger partial charge >= 0.3 is 6.09 Å². The Hall–Kier alpha value is -1.50. The van der Waals surface area contributed by atoms with Crippen LogP contribution in [0.3, 0.4) is 0 Å². The molecule has 1 aliphatic carbocycles. The van der Waals surface area contributed by atoms with Crippen LogP contribution in [0.5, 0.6) is 0 Å². The molecule has 2 heterocycles. The van der Waals surface area contributed by atoms with Crippen LogP contribution in [0.1, 0.15) is 46.5 Å². The smallest absolute Gasteiger partial charge is 0.410 e. The third-order valence-corrected chi connectivity index (χ3v) is 5.55. The van der Waals surface area contributed by atoms with Crippen LogP contribution in [-0.4, -0.2) is 90.8 Å². The summed E-state index contributed by atoms with van der Waals surface area (Å²) in [5.41, 5.74) is -0.446. The quantitative estimate of drug-likeness (QED) is 0.822. The second-order valence-electron chi connectivity index (χ2n) is 8.78. The summed E-state index contributed by atoms with van der Waals surface area (Å²) in [6.45, 7) is 10.6. The minimum Gasteiger partial charge on any atom is -0.444 e. The minimum absolute atomic E-state index is 0.211. The maximum absolute atomic E-state index is 12.3. The maximum Gasteiger partial charge on any atom is 0.410 e. The average Bonchev–Trinajstić information content (AvgIpc) is 3.22. The summed E-state index contributed by atoms with van der Waals surface area (Å²) in [6.07, 6.45) is 5.22. The van der Waals surface area contributed by atoms with Gasteiger partial charge in [0.05, 0.1) is 12.6 Å². The van der Waals surface area contributed by atoms with Crippen LogP contribution in [0, 0.1) is 0 Å². The Balaban J connectivity index is 1.41. The van der Waals surface area contributed by atoms with E-state index in [4.69, 9.17) is 4.74 Å². The van der Waals surface area contributed by atoms with Crippen molar-refractivity contribution in [2.24, 2.45) is 4.99 Å². The summed E-state index contributed by atoms with van der Waals surface area (Å²) in [4.78, 5) is 23.6. The van der Waals surface area contributed by atoms with Crippen molar-refractivity contribution in [3.05, 3.63) is 0 Å². The monoisotopic (exact) mass is 365 g/mol. The predicted molar refractivity (Wildman–Crippen MR) is 103 cm³/mol. The van der Waals surface area contributed by atoms with Crippen molar-refractivity contribution in [3.63, 3.8) is 0 Å². The molecular formula is C19H35N5O2. The average molecular weight is 366 g/mol. The standard InChI is InChI=1S/C19H35N5O2/c1-19(2,3)26-18(25)23-11-12-24-16(14-23)13-21-17(24)20-9-10-22(4)15-7-5-6-8-15/h15-16H,5-14H2,1-4H3,(H,20,21). The lowest BCUT2D eigenvalue weighted by atomic mass is 10.2. The molecule has 1 saturated heterocycles. The van der Waals surface area contributed by atoms with Crippen molar-refractivity contribution in [1.82, 2.24) is 20.0 Å². The van der Waals surface area contributed by atoms with Crippen LogP contribution in [0.25, 0.3) is 0 Å². The first-order valence-electron chi connectivity index (χ1n) is 10.1. The number of carbonyl (C=O) groups is 1. The Morgan fingerprint density at radius 3 is 2.73 bits per heavy atom. The third kappa shape index (κ3) is 4.81. The predicted octanol–water partition coefficient (Wildman–Crippen LogP) is 1.74. The van der Waals surface area contributed by atoms with E-state index in [0.29, 0.717) is 13.1 Å². The molecule has 0 spiro atoms. The number of amides is 1. The fourth-order valence-electron chi connectivity index (χ4n) is 4.09. The van der Waals surface area contributed by atoms with Crippen molar-refractivity contribution >= 4 is 12.1 Å². The number of nitrogens with zero attached hydrogens (tertiary/aromatic N) is 4. The van der Waals surface area contributed by atoms with E-state index < -0.39 is 5.60 Å². The van der Waals surface area contributed by atoms with Gasteiger partial charge in [0.1, 0.15) is 5.60 Å². The number of hydrogen-bond donors (Lipinski definition) is 1. The van der Waals surface area contributed by atoms with Gasteiger partial charge in [-0.15, -0.1) is 0 Å². The second-order valence-corrected chi connectivity index (χ2v) is 8.78. The third-order valence-electron chi connectivity index (χ3n) is 5.55. The summed E-state index contributed by atoms with van der Waals surface area (Å²) in [7, 11) is 2.23. The molecule has 0 aromatic rings. The lowest BCUT2D eigenvalue weighted by Crippen LogP contribution is -2.58. The summed E-state index contributed by atoms with van der Waals surface area (Å²) in [6, 6.07) is 1.03. The maximum atomic E-state index is 12.3. The second kappa shape index (κ2) is 8.03. The number of nitrogens with one attached hydrogen (secondary N) is 1. The van der Waals surface area contributed by atoms with E-state index >= 15 is 0 Å². The van der Waals surface area contributed by atoms with Gasteiger partial charge in [-0.05, 0) is 40.7 Å². The largest absolute Gasteiger partial charge is 0.444 e. The Morgan fingerprint density at radius 2 is 2.04 bits per heavy atom. The lowest BCUT2D eigenvalue weighted by Gasteiger charge is -2.39. The van der Waals surface area contributed by atoms with Crippen LogP contribution in [0.15, 0.2) is 4.99 Å². The SMILES string of the molecule is CN(CCNC1=NCC2CN(C(=O)OC(C)(C)C)CCN12)C1CCCC1. The summed E-state index contributed by atoms with van der Waals surface area (Å²) < 4.78 is 5.50. The van der Waals surface area contributed by atoms with Crippen molar-refractivity contribution in [1.29, 1.82) is 0 Å². The van der Waals surface area contributed by atoms with E-state index in [1.807, 2.05) is 25.7 Å². The van der Waals surface area contributed by atoms with E-state index in [-0.39, 0.29) is 12.1 Å². The van der Waals surface area contributed by atoms with E-state index in [9.17, 15) is 4.79 Å². The number of carbonyl (C=O) groups excluding carboxylic acids is 1. The van der Waals surface area contributed by atoms with Gasteiger partial charge in [0.2, 0.25) is 0 Å². The van der Waals surface area contributed by atoms with Crippen molar-refractivity contribution in [2.45, 2.75) is 64.1 Å². The molecule has 26 heavy (non-hydrogen) atoms. The number of piperazine rings is 1. The molecule has 1 N–H and O–H groups in total. The fraction of sp³-hybridized carbons (Fsp3) is 0.895. The van der Waals surface area contributed by atoms with E-state index in [2.05, 4.69) is 27.2 Å².